The van der Waals surface area contributed by atoms with Crippen molar-refractivity contribution in [1.82, 2.24) is 0 Å². The van der Waals surface area contributed by atoms with Crippen molar-refractivity contribution in [3.8, 4) is 0 Å². The summed E-state index contributed by atoms with van der Waals surface area (Å²) in [7, 11) is 3.79. The van der Waals surface area contributed by atoms with E-state index >= 15 is 0 Å². The Morgan fingerprint density at radius 1 is 1.10 bits per heavy atom. The topological polar surface area (TPSA) is 15.3 Å². The zero-order chi connectivity index (χ0) is 14.7. The molecule has 2 rings (SSSR count). The maximum absolute atomic E-state index is 13.1. The molecule has 0 aromatic heterocycles. The molecule has 106 valence electrons. The van der Waals surface area contributed by atoms with E-state index in [4.69, 9.17) is 11.6 Å². The van der Waals surface area contributed by atoms with Crippen molar-refractivity contribution in [2.45, 2.75) is 6.54 Å². The van der Waals surface area contributed by atoms with Gasteiger partial charge in [-0.2, -0.15) is 0 Å². The van der Waals surface area contributed by atoms with E-state index in [1.807, 2.05) is 31.1 Å². The molecule has 0 bridgehead atoms. The number of nitrogens with zero attached hydrogens (tertiary/aromatic N) is 1. The predicted octanol–water partition coefficient (Wildman–Crippen LogP) is 4.30. The van der Waals surface area contributed by atoms with Gasteiger partial charge in [0, 0.05) is 20.6 Å². The van der Waals surface area contributed by atoms with E-state index in [-0.39, 0.29) is 0 Å². The molecule has 2 aromatic carbocycles. The van der Waals surface area contributed by atoms with Crippen LogP contribution in [0.15, 0.2) is 36.4 Å². The fourth-order valence-corrected chi connectivity index (χ4v) is 2.30. The molecule has 1 N–H and O–H groups in total. The molecule has 2 aromatic rings. The maximum atomic E-state index is 13.1. The van der Waals surface area contributed by atoms with Crippen molar-refractivity contribution in [2.24, 2.45) is 0 Å². The molecular formula is C15H15ClF2N2. The lowest BCUT2D eigenvalue weighted by molar-refractivity contribution is 0.507. The molecule has 0 saturated heterocycles. The quantitative estimate of drug-likeness (QED) is 0.905. The van der Waals surface area contributed by atoms with Crippen LogP contribution in [0, 0.1) is 11.6 Å². The average molecular weight is 297 g/mol. The Morgan fingerprint density at radius 3 is 2.50 bits per heavy atom. The minimum absolute atomic E-state index is 0.387. The van der Waals surface area contributed by atoms with Crippen molar-refractivity contribution < 1.29 is 8.78 Å². The van der Waals surface area contributed by atoms with Crippen LogP contribution in [0.25, 0.3) is 0 Å². The van der Waals surface area contributed by atoms with Crippen molar-refractivity contribution in [3.63, 3.8) is 0 Å². The molecule has 0 aliphatic rings. The number of nitrogens with one attached hydrogen (secondary N) is 1. The third-order valence-electron chi connectivity index (χ3n) is 2.90. The first-order valence-corrected chi connectivity index (χ1v) is 6.50. The summed E-state index contributed by atoms with van der Waals surface area (Å²) >= 11 is 6.16. The lowest BCUT2D eigenvalue weighted by Crippen LogP contribution is -2.12. The van der Waals surface area contributed by atoms with Crippen LogP contribution in [0.2, 0.25) is 5.02 Å². The number of hydrogen-bond acceptors (Lipinski definition) is 2. The van der Waals surface area contributed by atoms with E-state index in [0.29, 0.717) is 17.1 Å². The van der Waals surface area contributed by atoms with E-state index in [2.05, 4.69) is 5.32 Å². The van der Waals surface area contributed by atoms with Crippen LogP contribution in [0.3, 0.4) is 0 Å². The summed E-state index contributed by atoms with van der Waals surface area (Å²) in [5.41, 5.74) is 2.36. The largest absolute Gasteiger partial charge is 0.379 e. The van der Waals surface area contributed by atoms with E-state index < -0.39 is 11.6 Å². The predicted molar refractivity (Wildman–Crippen MR) is 79.5 cm³/mol. The molecule has 0 aliphatic heterocycles. The van der Waals surface area contributed by atoms with E-state index in [0.717, 1.165) is 17.4 Å². The summed E-state index contributed by atoms with van der Waals surface area (Å²) in [6.45, 7) is 0.387. The summed E-state index contributed by atoms with van der Waals surface area (Å²) in [6, 6.07) is 9.38. The Hall–Kier alpha value is -1.81. The van der Waals surface area contributed by atoms with Crippen LogP contribution in [0.4, 0.5) is 20.2 Å². The van der Waals surface area contributed by atoms with Crippen molar-refractivity contribution in [3.05, 3.63) is 58.6 Å². The van der Waals surface area contributed by atoms with Crippen LogP contribution in [-0.4, -0.2) is 14.1 Å². The van der Waals surface area contributed by atoms with Crippen molar-refractivity contribution in [2.75, 3.05) is 24.3 Å². The SMILES string of the molecule is CN(C)c1c(Cl)cccc1NCc1ccc(F)c(F)c1. The smallest absolute Gasteiger partial charge is 0.159 e. The van der Waals surface area contributed by atoms with Gasteiger partial charge >= 0.3 is 0 Å². The van der Waals surface area contributed by atoms with Gasteiger partial charge in [-0.25, -0.2) is 8.78 Å². The summed E-state index contributed by atoms with van der Waals surface area (Å²) < 4.78 is 26.0. The summed E-state index contributed by atoms with van der Waals surface area (Å²) in [6.07, 6.45) is 0. The van der Waals surface area contributed by atoms with Crippen molar-refractivity contribution >= 4 is 23.0 Å². The molecule has 0 aliphatic carbocycles. The highest BCUT2D eigenvalue weighted by atomic mass is 35.5. The highest BCUT2D eigenvalue weighted by Crippen LogP contribution is 2.32. The molecule has 0 saturated carbocycles. The lowest BCUT2D eigenvalue weighted by atomic mass is 10.2. The molecule has 0 amide bonds. The van der Waals surface area contributed by atoms with Gasteiger partial charge in [-0.15, -0.1) is 0 Å². The van der Waals surface area contributed by atoms with Gasteiger partial charge in [-0.3, -0.25) is 0 Å². The zero-order valence-electron chi connectivity index (χ0n) is 11.3. The van der Waals surface area contributed by atoms with Gasteiger partial charge in [-0.05, 0) is 29.8 Å². The molecule has 2 nitrogen and oxygen atoms in total. The molecule has 0 spiro atoms. The molecular weight excluding hydrogens is 282 g/mol. The van der Waals surface area contributed by atoms with Crippen LogP contribution in [0.5, 0.6) is 0 Å². The number of anilines is 2. The third-order valence-corrected chi connectivity index (χ3v) is 3.21. The normalized spacial score (nSPS) is 10.4. The van der Waals surface area contributed by atoms with Crippen LogP contribution in [-0.2, 0) is 6.54 Å². The number of rotatable bonds is 4. The first-order valence-electron chi connectivity index (χ1n) is 6.12. The van der Waals surface area contributed by atoms with Gasteiger partial charge in [0.1, 0.15) is 0 Å². The summed E-state index contributed by atoms with van der Waals surface area (Å²) in [4.78, 5) is 1.90. The number of benzene rings is 2. The third kappa shape index (κ3) is 3.20. The number of halogens is 3. The lowest BCUT2D eigenvalue weighted by Gasteiger charge is -2.20. The Labute approximate surface area is 122 Å². The van der Waals surface area contributed by atoms with Gasteiger partial charge in [-0.1, -0.05) is 23.7 Å². The fourth-order valence-electron chi connectivity index (χ4n) is 1.96. The molecule has 20 heavy (non-hydrogen) atoms. The highest BCUT2D eigenvalue weighted by Gasteiger charge is 2.09. The van der Waals surface area contributed by atoms with Crippen LogP contribution >= 0.6 is 11.6 Å². The molecule has 0 unspecified atom stereocenters. The van der Waals surface area contributed by atoms with Gasteiger partial charge in [0.05, 0.1) is 16.4 Å². The molecule has 0 heterocycles. The summed E-state index contributed by atoms with van der Waals surface area (Å²) in [5, 5.41) is 3.81. The first kappa shape index (κ1) is 14.6. The van der Waals surface area contributed by atoms with Gasteiger partial charge in [0.25, 0.3) is 0 Å². The van der Waals surface area contributed by atoms with Crippen molar-refractivity contribution in [1.29, 1.82) is 0 Å². The van der Waals surface area contributed by atoms with Crippen LogP contribution < -0.4 is 10.2 Å². The standard InChI is InChI=1S/C15H15ClF2N2/c1-20(2)15-11(16)4-3-5-14(15)19-9-10-6-7-12(17)13(18)8-10/h3-8,19H,9H2,1-2H3. The number of para-hydroxylation sites is 1. The van der Waals surface area contributed by atoms with Gasteiger partial charge in [0.2, 0.25) is 0 Å². The minimum atomic E-state index is -0.844. The number of hydrogen-bond donors (Lipinski definition) is 1. The Morgan fingerprint density at radius 2 is 1.85 bits per heavy atom. The first-order chi connectivity index (χ1) is 9.49. The fraction of sp³-hybridized carbons (Fsp3) is 0.200. The van der Waals surface area contributed by atoms with E-state index in [9.17, 15) is 8.78 Å². The molecule has 0 radical (unpaired) electrons. The van der Waals surface area contributed by atoms with Gasteiger partial charge in [0.15, 0.2) is 11.6 Å². The monoisotopic (exact) mass is 296 g/mol. The Kier molecular flexibility index (Phi) is 4.45. The Bertz CT molecular complexity index is 615. The average Bonchev–Trinajstić information content (AvgIpc) is 2.39. The van der Waals surface area contributed by atoms with Gasteiger partial charge < -0.3 is 10.2 Å². The van der Waals surface area contributed by atoms with E-state index in [1.54, 1.807) is 12.1 Å². The minimum Gasteiger partial charge on any atom is -0.379 e. The maximum Gasteiger partial charge on any atom is 0.159 e. The zero-order valence-corrected chi connectivity index (χ0v) is 12.0. The van der Waals surface area contributed by atoms with E-state index in [1.165, 1.54) is 6.07 Å². The highest BCUT2D eigenvalue weighted by molar-refractivity contribution is 6.34. The molecule has 0 fully saturated rings. The second-order valence-corrected chi connectivity index (χ2v) is 5.04. The Balaban J connectivity index is 2.18. The summed E-state index contributed by atoms with van der Waals surface area (Å²) in [5.74, 6) is -1.69. The second kappa shape index (κ2) is 6.09. The van der Waals surface area contributed by atoms with Crippen LogP contribution in [0.1, 0.15) is 5.56 Å². The second-order valence-electron chi connectivity index (χ2n) is 4.63. The molecule has 0 atom stereocenters. The molecule has 5 heteroatoms.